The van der Waals surface area contributed by atoms with Gasteiger partial charge in [0.15, 0.2) is 0 Å². The Kier molecular flexibility index (Phi) is 4.86. The normalized spacial score (nSPS) is 15.4. The molecular formula is C24H25N3OS. The van der Waals surface area contributed by atoms with Gasteiger partial charge in [-0.3, -0.25) is 9.69 Å². The molecule has 1 N–H and O–H groups in total. The molecule has 1 saturated heterocycles. The fourth-order valence-electron chi connectivity index (χ4n) is 4.31. The zero-order valence-corrected chi connectivity index (χ0v) is 17.5. The summed E-state index contributed by atoms with van der Waals surface area (Å²) in [7, 11) is 0. The lowest BCUT2D eigenvalue weighted by Gasteiger charge is -2.36. The third-order valence-corrected chi connectivity index (χ3v) is 7.06. The van der Waals surface area contributed by atoms with Crippen molar-refractivity contribution in [2.24, 2.45) is 0 Å². The summed E-state index contributed by atoms with van der Waals surface area (Å²) >= 11 is 1.84. The quantitative estimate of drug-likeness (QED) is 0.548. The molecule has 1 fully saturated rings. The third-order valence-electron chi connectivity index (χ3n) is 6.01. The first-order valence-corrected chi connectivity index (χ1v) is 11.1. The van der Waals surface area contributed by atoms with Crippen LogP contribution in [0.4, 0.5) is 5.69 Å². The number of piperazine rings is 1. The minimum atomic E-state index is -0.0402. The molecule has 0 amide bonds. The predicted molar refractivity (Wildman–Crippen MR) is 123 cm³/mol. The van der Waals surface area contributed by atoms with Crippen LogP contribution in [0.5, 0.6) is 0 Å². The van der Waals surface area contributed by atoms with E-state index in [2.05, 4.69) is 63.5 Å². The Labute approximate surface area is 174 Å². The van der Waals surface area contributed by atoms with Crippen molar-refractivity contribution in [1.29, 1.82) is 0 Å². The van der Waals surface area contributed by atoms with E-state index in [1.54, 1.807) is 6.07 Å². The maximum absolute atomic E-state index is 11.6. The summed E-state index contributed by atoms with van der Waals surface area (Å²) in [5.41, 5.74) is 4.92. The Morgan fingerprint density at radius 2 is 1.83 bits per heavy atom. The number of hydrogen-bond acceptors (Lipinski definition) is 4. The summed E-state index contributed by atoms with van der Waals surface area (Å²) in [6, 6.07) is 16.7. The van der Waals surface area contributed by atoms with Gasteiger partial charge in [-0.15, -0.1) is 11.3 Å². The molecule has 29 heavy (non-hydrogen) atoms. The molecule has 2 aromatic heterocycles. The molecule has 2 aromatic carbocycles. The van der Waals surface area contributed by atoms with Crippen LogP contribution < -0.4 is 10.5 Å². The number of nitrogens with one attached hydrogen (secondary N) is 1. The number of nitrogens with zero attached hydrogens (tertiary/aromatic N) is 2. The number of benzene rings is 2. The monoisotopic (exact) mass is 403 g/mol. The number of pyridine rings is 1. The van der Waals surface area contributed by atoms with Crippen LogP contribution >= 0.6 is 11.3 Å². The van der Waals surface area contributed by atoms with Crippen molar-refractivity contribution in [3.63, 3.8) is 0 Å². The highest BCUT2D eigenvalue weighted by Gasteiger charge is 2.19. The standard InChI is InChI=1S/C24H25N3OS/c1-17-2-6-22(20-9-15-29-24(17)20)27-13-11-26(12-14-27)10-8-18-3-4-19-5-7-23(28)25-21(19)16-18/h2-7,9,15-16H,8,10-14H2,1H3,(H,25,28). The smallest absolute Gasteiger partial charge is 0.248 e. The summed E-state index contributed by atoms with van der Waals surface area (Å²) in [4.78, 5) is 19.6. The van der Waals surface area contributed by atoms with Crippen molar-refractivity contribution in [2.45, 2.75) is 13.3 Å². The molecule has 5 heteroatoms. The fraction of sp³-hybridized carbons (Fsp3) is 0.292. The topological polar surface area (TPSA) is 39.3 Å². The van der Waals surface area contributed by atoms with Crippen molar-refractivity contribution in [3.05, 3.63) is 75.4 Å². The van der Waals surface area contributed by atoms with Gasteiger partial charge in [0, 0.05) is 60.1 Å². The van der Waals surface area contributed by atoms with E-state index in [9.17, 15) is 4.79 Å². The summed E-state index contributed by atoms with van der Waals surface area (Å²) < 4.78 is 1.42. The molecule has 0 unspecified atom stereocenters. The van der Waals surface area contributed by atoms with Crippen LogP contribution in [-0.4, -0.2) is 42.6 Å². The Morgan fingerprint density at radius 3 is 2.69 bits per heavy atom. The van der Waals surface area contributed by atoms with E-state index in [-0.39, 0.29) is 5.56 Å². The molecule has 1 aliphatic rings. The minimum absolute atomic E-state index is 0.0402. The molecule has 0 spiro atoms. The lowest BCUT2D eigenvalue weighted by Crippen LogP contribution is -2.47. The highest BCUT2D eigenvalue weighted by Crippen LogP contribution is 2.33. The van der Waals surface area contributed by atoms with Crippen molar-refractivity contribution >= 4 is 38.0 Å². The maximum atomic E-state index is 11.6. The number of fused-ring (bicyclic) bond motifs is 2. The second-order valence-electron chi connectivity index (χ2n) is 7.89. The maximum Gasteiger partial charge on any atom is 0.248 e. The lowest BCUT2D eigenvalue weighted by atomic mass is 10.1. The highest BCUT2D eigenvalue weighted by atomic mass is 32.1. The van der Waals surface area contributed by atoms with Gasteiger partial charge in [0.05, 0.1) is 0 Å². The van der Waals surface area contributed by atoms with Crippen LogP contribution in [0.2, 0.25) is 0 Å². The van der Waals surface area contributed by atoms with Gasteiger partial charge in [-0.2, -0.15) is 0 Å². The molecule has 5 rings (SSSR count). The van der Waals surface area contributed by atoms with Crippen molar-refractivity contribution < 1.29 is 0 Å². The highest BCUT2D eigenvalue weighted by molar-refractivity contribution is 7.17. The average molecular weight is 404 g/mol. The van der Waals surface area contributed by atoms with Crippen molar-refractivity contribution in [1.82, 2.24) is 9.88 Å². The summed E-state index contributed by atoms with van der Waals surface area (Å²) in [6.07, 6.45) is 1.01. The number of thiophene rings is 1. The van der Waals surface area contributed by atoms with E-state index in [0.717, 1.165) is 50.0 Å². The van der Waals surface area contributed by atoms with E-state index >= 15 is 0 Å². The SMILES string of the molecule is Cc1ccc(N2CCN(CCc3ccc4ccc(=O)[nH]c4c3)CC2)c2ccsc12. The summed E-state index contributed by atoms with van der Waals surface area (Å²) in [5, 5.41) is 4.68. The predicted octanol–water partition coefficient (Wildman–Crippen LogP) is 4.42. The first kappa shape index (κ1) is 18.4. The van der Waals surface area contributed by atoms with Gasteiger partial charge in [0.1, 0.15) is 0 Å². The van der Waals surface area contributed by atoms with Gasteiger partial charge < -0.3 is 9.88 Å². The second-order valence-corrected chi connectivity index (χ2v) is 8.80. The number of aromatic amines is 1. The Morgan fingerprint density at radius 1 is 1.00 bits per heavy atom. The number of aromatic nitrogens is 1. The number of H-pyrrole nitrogens is 1. The van der Waals surface area contributed by atoms with E-state index in [4.69, 9.17) is 0 Å². The first-order valence-electron chi connectivity index (χ1n) is 10.2. The minimum Gasteiger partial charge on any atom is -0.368 e. The van der Waals surface area contributed by atoms with E-state index in [1.165, 1.54) is 26.9 Å². The van der Waals surface area contributed by atoms with Gasteiger partial charge >= 0.3 is 0 Å². The molecule has 4 nitrogen and oxygen atoms in total. The zero-order valence-electron chi connectivity index (χ0n) is 16.6. The van der Waals surface area contributed by atoms with Gasteiger partial charge in [-0.05, 0) is 59.5 Å². The summed E-state index contributed by atoms with van der Waals surface area (Å²) in [6.45, 7) is 7.56. The Bertz CT molecular complexity index is 1220. The molecule has 0 atom stereocenters. The average Bonchev–Trinajstić information content (AvgIpc) is 3.24. The van der Waals surface area contributed by atoms with E-state index < -0.39 is 0 Å². The van der Waals surface area contributed by atoms with Crippen molar-refractivity contribution in [2.75, 3.05) is 37.6 Å². The number of aryl methyl sites for hydroxylation is 1. The molecule has 0 saturated carbocycles. The Balaban J connectivity index is 1.23. The summed E-state index contributed by atoms with van der Waals surface area (Å²) in [5.74, 6) is 0. The molecule has 1 aliphatic heterocycles. The third kappa shape index (κ3) is 3.68. The van der Waals surface area contributed by atoms with Crippen LogP contribution in [0, 0.1) is 6.92 Å². The van der Waals surface area contributed by atoms with E-state index in [0.29, 0.717) is 0 Å². The van der Waals surface area contributed by atoms with Crippen LogP contribution in [0.15, 0.2) is 58.7 Å². The molecule has 148 valence electrons. The van der Waals surface area contributed by atoms with Crippen LogP contribution in [0.3, 0.4) is 0 Å². The van der Waals surface area contributed by atoms with Gasteiger partial charge in [-0.25, -0.2) is 0 Å². The molecule has 0 bridgehead atoms. The number of anilines is 1. The molecular weight excluding hydrogens is 378 g/mol. The number of rotatable bonds is 4. The van der Waals surface area contributed by atoms with Gasteiger partial charge in [-0.1, -0.05) is 18.2 Å². The molecule has 3 heterocycles. The van der Waals surface area contributed by atoms with Crippen LogP contribution in [0.1, 0.15) is 11.1 Å². The second kappa shape index (κ2) is 7.65. The fourth-order valence-corrected chi connectivity index (χ4v) is 5.21. The van der Waals surface area contributed by atoms with Gasteiger partial charge in [0.2, 0.25) is 5.56 Å². The first-order chi connectivity index (χ1) is 14.2. The van der Waals surface area contributed by atoms with Gasteiger partial charge in [0.25, 0.3) is 0 Å². The number of hydrogen-bond donors (Lipinski definition) is 1. The van der Waals surface area contributed by atoms with Crippen LogP contribution in [0.25, 0.3) is 21.0 Å². The van der Waals surface area contributed by atoms with E-state index in [1.807, 2.05) is 17.4 Å². The zero-order chi connectivity index (χ0) is 19.8. The Hall–Kier alpha value is -2.63. The lowest BCUT2D eigenvalue weighted by molar-refractivity contribution is 0.261. The molecule has 0 aliphatic carbocycles. The van der Waals surface area contributed by atoms with Crippen LogP contribution in [-0.2, 0) is 6.42 Å². The molecule has 0 radical (unpaired) electrons. The van der Waals surface area contributed by atoms with Crippen molar-refractivity contribution in [3.8, 4) is 0 Å². The largest absolute Gasteiger partial charge is 0.368 e. The molecule has 4 aromatic rings.